The van der Waals surface area contributed by atoms with Crippen molar-refractivity contribution in [3.63, 3.8) is 0 Å². The van der Waals surface area contributed by atoms with E-state index in [0.29, 0.717) is 11.5 Å². The van der Waals surface area contributed by atoms with Gasteiger partial charge in [-0.1, -0.05) is 44.2 Å². The highest BCUT2D eigenvalue weighted by atomic mass is 19.4. The Bertz CT molecular complexity index is 373. The Hall–Kier alpha value is -1.03. The summed E-state index contributed by atoms with van der Waals surface area (Å²) in [6.07, 6.45) is -3.09. The van der Waals surface area contributed by atoms with Crippen LogP contribution in [0.4, 0.5) is 13.2 Å². The molecule has 2 atom stereocenters. The number of nitrogens with one attached hydrogen (secondary N) is 1. The van der Waals surface area contributed by atoms with Crippen molar-refractivity contribution in [3.05, 3.63) is 35.9 Å². The van der Waals surface area contributed by atoms with E-state index in [9.17, 15) is 13.2 Å². The van der Waals surface area contributed by atoms with Crippen molar-refractivity contribution in [1.82, 2.24) is 5.32 Å². The van der Waals surface area contributed by atoms with E-state index in [1.165, 1.54) is 0 Å². The maximum Gasteiger partial charge on any atom is 0.390 e. The molecule has 0 radical (unpaired) electrons. The van der Waals surface area contributed by atoms with E-state index in [1.807, 2.05) is 13.0 Å². The van der Waals surface area contributed by atoms with Crippen LogP contribution in [-0.2, 0) is 0 Å². The molecule has 1 aromatic carbocycles. The van der Waals surface area contributed by atoms with Crippen molar-refractivity contribution in [2.24, 2.45) is 5.92 Å². The molecule has 0 fully saturated rings. The number of hydrogen-bond donors (Lipinski definition) is 1. The molecule has 0 aliphatic heterocycles. The van der Waals surface area contributed by atoms with Gasteiger partial charge in [0.05, 0.1) is 6.42 Å². The Morgan fingerprint density at radius 1 is 1.00 bits per heavy atom. The Morgan fingerprint density at radius 2 is 1.60 bits per heavy atom. The second-order valence-electron chi connectivity index (χ2n) is 5.82. The van der Waals surface area contributed by atoms with E-state index >= 15 is 0 Å². The Balaban J connectivity index is 2.68. The minimum atomic E-state index is -4.16. The fraction of sp³-hybridized carbons (Fsp3) is 0.625. The number of rotatable bonds is 7. The van der Waals surface area contributed by atoms with Crippen LogP contribution in [0.3, 0.4) is 0 Å². The molecular formula is C16H24F3N. The average molecular weight is 287 g/mol. The second kappa shape index (κ2) is 7.67. The molecule has 20 heavy (non-hydrogen) atoms. The van der Waals surface area contributed by atoms with Gasteiger partial charge < -0.3 is 5.32 Å². The van der Waals surface area contributed by atoms with Crippen LogP contribution >= 0.6 is 0 Å². The van der Waals surface area contributed by atoms with Gasteiger partial charge in [0, 0.05) is 12.1 Å². The zero-order valence-corrected chi connectivity index (χ0v) is 12.4. The van der Waals surface area contributed by atoms with Crippen molar-refractivity contribution < 1.29 is 13.2 Å². The Kier molecular flexibility index (Phi) is 6.53. The molecule has 0 bridgehead atoms. The number of halogens is 3. The average Bonchev–Trinajstić information content (AvgIpc) is 2.35. The fourth-order valence-corrected chi connectivity index (χ4v) is 2.20. The molecule has 0 saturated heterocycles. The van der Waals surface area contributed by atoms with Gasteiger partial charge in [0.1, 0.15) is 0 Å². The molecule has 0 aliphatic rings. The summed E-state index contributed by atoms with van der Waals surface area (Å²) in [7, 11) is 0. The molecule has 0 aliphatic carbocycles. The number of hydrogen-bond acceptors (Lipinski definition) is 1. The molecular weight excluding hydrogens is 263 g/mol. The molecule has 0 aromatic heterocycles. The lowest BCUT2D eigenvalue weighted by Gasteiger charge is -2.25. The fourth-order valence-electron chi connectivity index (χ4n) is 2.20. The summed E-state index contributed by atoms with van der Waals surface area (Å²) in [6, 6.07) is 8.27. The summed E-state index contributed by atoms with van der Waals surface area (Å²) < 4.78 is 38.1. The SMILES string of the molecule is CC(C)CCC(C)NC(CC(F)(F)F)c1ccccc1. The lowest BCUT2D eigenvalue weighted by molar-refractivity contribution is -0.140. The van der Waals surface area contributed by atoms with E-state index in [1.54, 1.807) is 24.3 Å². The molecule has 1 aromatic rings. The normalized spacial score (nSPS) is 15.3. The largest absolute Gasteiger partial charge is 0.390 e. The minimum absolute atomic E-state index is 0.0740. The first-order chi connectivity index (χ1) is 9.28. The third-order valence-electron chi connectivity index (χ3n) is 3.30. The summed E-state index contributed by atoms with van der Waals surface area (Å²) >= 11 is 0. The first-order valence-corrected chi connectivity index (χ1v) is 7.15. The van der Waals surface area contributed by atoms with Gasteiger partial charge in [0.15, 0.2) is 0 Å². The van der Waals surface area contributed by atoms with Crippen LogP contribution in [0, 0.1) is 5.92 Å². The third-order valence-corrected chi connectivity index (χ3v) is 3.30. The molecule has 1 nitrogen and oxygen atoms in total. The molecule has 0 amide bonds. The van der Waals surface area contributed by atoms with Gasteiger partial charge in [-0.2, -0.15) is 13.2 Å². The highest BCUT2D eigenvalue weighted by Crippen LogP contribution is 2.30. The van der Waals surface area contributed by atoms with Crippen molar-refractivity contribution in [1.29, 1.82) is 0 Å². The van der Waals surface area contributed by atoms with E-state index in [4.69, 9.17) is 0 Å². The Labute approximate surface area is 119 Å². The summed E-state index contributed by atoms with van der Waals surface area (Å²) in [5.41, 5.74) is 0.696. The molecule has 0 saturated carbocycles. The quantitative estimate of drug-likeness (QED) is 0.736. The van der Waals surface area contributed by atoms with Crippen LogP contribution in [0.5, 0.6) is 0 Å². The van der Waals surface area contributed by atoms with Crippen LogP contribution in [0.25, 0.3) is 0 Å². The first-order valence-electron chi connectivity index (χ1n) is 7.15. The number of benzene rings is 1. The van der Waals surface area contributed by atoms with E-state index in [0.717, 1.165) is 12.8 Å². The molecule has 4 heteroatoms. The van der Waals surface area contributed by atoms with Crippen molar-refractivity contribution in [2.45, 2.75) is 58.3 Å². The monoisotopic (exact) mass is 287 g/mol. The lowest BCUT2D eigenvalue weighted by atomic mass is 10.00. The highest BCUT2D eigenvalue weighted by molar-refractivity contribution is 5.19. The predicted octanol–water partition coefficient (Wildman–Crippen LogP) is 5.09. The summed E-state index contributed by atoms with van der Waals surface area (Å²) in [5.74, 6) is 0.567. The van der Waals surface area contributed by atoms with Gasteiger partial charge in [-0.25, -0.2) is 0 Å². The molecule has 1 rings (SSSR count). The minimum Gasteiger partial charge on any atom is -0.307 e. The zero-order valence-electron chi connectivity index (χ0n) is 12.4. The van der Waals surface area contributed by atoms with Crippen molar-refractivity contribution in [2.75, 3.05) is 0 Å². The van der Waals surface area contributed by atoms with Gasteiger partial charge in [-0.15, -0.1) is 0 Å². The maximum absolute atomic E-state index is 12.7. The van der Waals surface area contributed by atoms with Gasteiger partial charge in [0.2, 0.25) is 0 Å². The standard InChI is InChI=1S/C16H24F3N/c1-12(2)9-10-13(3)20-15(11-16(17,18)19)14-7-5-4-6-8-14/h4-8,12-13,15,20H,9-11H2,1-3H3. The van der Waals surface area contributed by atoms with Gasteiger partial charge in [-0.05, 0) is 31.2 Å². The molecule has 0 heterocycles. The van der Waals surface area contributed by atoms with Crippen molar-refractivity contribution >= 4 is 0 Å². The third kappa shape index (κ3) is 6.94. The molecule has 0 spiro atoms. The second-order valence-corrected chi connectivity index (χ2v) is 5.82. The van der Waals surface area contributed by atoms with Crippen LogP contribution in [0.2, 0.25) is 0 Å². The predicted molar refractivity (Wildman–Crippen MR) is 76.5 cm³/mol. The molecule has 1 N–H and O–H groups in total. The smallest absolute Gasteiger partial charge is 0.307 e. The van der Waals surface area contributed by atoms with Crippen LogP contribution in [0.15, 0.2) is 30.3 Å². The molecule has 2 unspecified atom stereocenters. The van der Waals surface area contributed by atoms with Gasteiger partial charge in [0.25, 0.3) is 0 Å². The van der Waals surface area contributed by atoms with Crippen LogP contribution in [0.1, 0.15) is 51.6 Å². The summed E-state index contributed by atoms with van der Waals surface area (Å²) in [5, 5.41) is 3.13. The molecule has 114 valence electrons. The summed E-state index contributed by atoms with van der Waals surface area (Å²) in [4.78, 5) is 0. The Morgan fingerprint density at radius 3 is 2.10 bits per heavy atom. The van der Waals surface area contributed by atoms with Gasteiger partial charge in [-0.3, -0.25) is 0 Å². The lowest BCUT2D eigenvalue weighted by Crippen LogP contribution is -2.33. The van der Waals surface area contributed by atoms with Crippen molar-refractivity contribution in [3.8, 4) is 0 Å². The van der Waals surface area contributed by atoms with Gasteiger partial charge >= 0.3 is 6.18 Å². The van der Waals surface area contributed by atoms with E-state index < -0.39 is 18.6 Å². The van der Waals surface area contributed by atoms with Crippen LogP contribution in [-0.4, -0.2) is 12.2 Å². The van der Waals surface area contributed by atoms with Crippen LogP contribution < -0.4 is 5.32 Å². The highest BCUT2D eigenvalue weighted by Gasteiger charge is 2.33. The van der Waals surface area contributed by atoms with E-state index in [2.05, 4.69) is 19.2 Å². The first kappa shape index (κ1) is 17.0. The van der Waals surface area contributed by atoms with E-state index in [-0.39, 0.29) is 6.04 Å². The number of alkyl halides is 3. The topological polar surface area (TPSA) is 12.0 Å². The zero-order chi connectivity index (χ0) is 15.2. The summed E-state index contributed by atoms with van der Waals surface area (Å²) in [6.45, 7) is 6.20. The maximum atomic E-state index is 12.7.